The van der Waals surface area contributed by atoms with Crippen LogP contribution in [0.4, 0.5) is 0 Å². The highest BCUT2D eigenvalue weighted by Crippen LogP contribution is 2.29. The van der Waals surface area contributed by atoms with Crippen LogP contribution in [0.2, 0.25) is 0 Å². The van der Waals surface area contributed by atoms with Crippen LogP contribution in [0.5, 0.6) is 11.5 Å². The molecule has 0 bridgehead atoms. The van der Waals surface area contributed by atoms with Gasteiger partial charge < -0.3 is 21.1 Å². The number of aldehydes is 1. The third kappa shape index (κ3) is 2.29. The summed E-state index contributed by atoms with van der Waals surface area (Å²) in [7, 11) is 0. The van der Waals surface area contributed by atoms with Crippen molar-refractivity contribution in [2.75, 3.05) is 0 Å². The fourth-order valence-electron chi connectivity index (χ4n) is 1.25. The minimum absolute atomic E-state index is 0.123. The van der Waals surface area contributed by atoms with Crippen molar-refractivity contribution in [3.05, 3.63) is 23.3 Å². The number of phenolic OH excluding ortho intramolecular Hbond substituents is 2. The fraction of sp³-hybridized carbons (Fsp3) is 0.200. The molecule has 1 rings (SSSR count). The Hall–Kier alpha value is -2.08. The molecular weight excluding hydrogens is 214 g/mol. The van der Waals surface area contributed by atoms with Gasteiger partial charge >= 0.3 is 5.97 Å². The van der Waals surface area contributed by atoms with Crippen LogP contribution in [0.3, 0.4) is 0 Å². The molecule has 0 amide bonds. The van der Waals surface area contributed by atoms with Gasteiger partial charge in [0.1, 0.15) is 17.5 Å². The summed E-state index contributed by atoms with van der Waals surface area (Å²) in [6.07, 6.45) is 0.169. The lowest BCUT2D eigenvalue weighted by Crippen LogP contribution is -2.32. The number of rotatable bonds is 4. The maximum Gasteiger partial charge on any atom is 0.320 e. The summed E-state index contributed by atoms with van der Waals surface area (Å²) in [5.74, 6) is -2.01. The summed E-state index contributed by atoms with van der Waals surface area (Å²) < 4.78 is 0. The molecule has 16 heavy (non-hydrogen) atoms. The Morgan fingerprint density at radius 3 is 2.56 bits per heavy atom. The lowest BCUT2D eigenvalue weighted by atomic mass is 10.0. The number of phenols is 2. The van der Waals surface area contributed by atoms with E-state index in [1.165, 1.54) is 12.1 Å². The third-order valence-electron chi connectivity index (χ3n) is 2.15. The van der Waals surface area contributed by atoms with E-state index >= 15 is 0 Å². The van der Waals surface area contributed by atoms with Crippen molar-refractivity contribution < 1.29 is 24.9 Å². The molecule has 0 fully saturated rings. The predicted octanol–water partition coefficient (Wildman–Crippen LogP) is -0.135. The molecule has 5 N–H and O–H groups in total. The van der Waals surface area contributed by atoms with E-state index in [1.54, 1.807) is 0 Å². The number of carboxylic acids is 1. The quantitative estimate of drug-likeness (QED) is 0.529. The van der Waals surface area contributed by atoms with Gasteiger partial charge in [-0.05, 0) is 11.6 Å². The first kappa shape index (κ1) is 12.0. The second kappa shape index (κ2) is 4.63. The summed E-state index contributed by atoms with van der Waals surface area (Å²) in [5, 5.41) is 27.4. The van der Waals surface area contributed by atoms with Crippen LogP contribution in [0.15, 0.2) is 12.1 Å². The number of hydrogen-bond acceptors (Lipinski definition) is 5. The van der Waals surface area contributed by atoms with Gasteiger partial charge in [0.05, 0.1) is 5.56 Å². The number of hydrogen-bond donors (Lipinski definition) is 4. The summed E-state index contributed by atoms with van der Waals surface area (Å²) in [6.45, 7) is 0. The molecule has 6 nitrogen and oxygen atoms in total. The lowest BCUT2D eigenvalue weighted by Gasteiger charge is -2.10. The van der Waals surface area contributed by atoms with Gasteiger partial charge in [-0.1, -0.05) is 6.07 Å². The normalized spacial score (nSPS) is 12.1. The zero-order valence-electron chi connectivity index (χ0n) is 8.25. The highest BCUT2D eigenvalue weighted by molar-refractivity contribution is 5.84. The minimum atomic E-state index is -1.21. The maximum atomic E-state index is 10.6. The van der Waals surface area contributed by atoms with E-state index in [1.807, 2.05) is 0 Å². The maximum absolute atomic E-state index is 10.6. The molecule has 0 aliphatic carbocycles. The van der Waals surface area contributed by atoms with Crippen LogP contribution in [0, 0.1) is 0 Å². The largest absolute Gasteiger partial charge is 0.507 e. The van der Waals surface area contributed by atoms with Gasteiger partial charge in [0.25, 0.3) is 0 Å². The van der Waals surface area contributed by atoms with Gasteiger partial charge in [0.2, 0.25) is 0 Å². The van der Waals surface area contributed by atoms with E-state index in [2.05, 4.69) is 0 Å². The molecule has 86 valence electrons. The molecule has 0 saturated carbocycles. The second-order valence-corrected chi connectivity index (χ2v) is 3.27. The number of aromatic hydroxyl groups is 2. The van der Waals surface area contributed by atoms with Crippen LogP contribution in [0.1, 0.15) is 15.9 Å². The number of benzene rings is 1. The van der Waals surface area contributed by atoms with E-state index in [0.717, 1.165) is 0 Å². The summed E-state index contributed by atoms with van der Waals surface area (Å²) in [4.78, 5) is 21.1. The van der Waals surface area contributed by atoms with Gasteiger partial charge in [-0.3, -0.25) is 9.59 Å². The minimum Gasteiger partial charge on any atom is -0.507 e. The number of carboxylic acid groups (broad SMARTS) is 1. The molecule has 0 radical (unpaired) electrons. The Kier molecular flexibility index (Phi) is 3.47. The smallest absolute Gasteiger partial charge is 0.320 e. The molecule has 1 aromatic carbocycles. The SMILES string of the molecule is NC(Cc1ccc(O)c(C=O)c1O)C(=O)O. The van der Waals surface area contributed by atoms with Crippen LogP contribution in [-0.2, 0) is 11.2 Å². The summed E-state index contributed by atoms with van der Waals surface area (Å²) >= 11 is 0. The van der Waals surface area contributed by atoms with Gasteiger partial charge in [0, 0.05) is 6.42 Å². The zero-order chi connectivity index (χ0) is 12.3. The first-order chi connectivity index (χ1) is 7.47. The lowest BCUT2D eigenvalue weighted by molar-refractivity contribution is -0.138. The first-order valence-corrected chi connectivity index (χ1v) is 4.44. The zero-order valence-corrected chi connectivity index (χ0v) is 8.25. The Morgan fingerprint density at radius 2 is 2.06 bits per heavy atom. The average molecular weight is 225 g/mol. The van der Waals surface area contributed by atoms with Crippen LogP contribution < -0.4 is 5.73 Å². The molecule has 1 atom stereocenters. The van der Waals surface area contributed by atoms with Crippen LogP contribution >= 0.6 is 0 Å². The van der Waals surface area contributed by atoms with Crippen molar-refractivity contribution in [3.63, 3.8) is 0 Å². The average Bonchev–Trinajstić information content (AvgIpc) is 2.22. The molecule has 0 saturated heterocycles. The van der Waals surface area contributed by atoms with Crippen molar-refractivity contribution in [1.29, 1.82) is 0 Å². The highest BCUT2D eigenvalue weighted by atomic mass is 16.4. The van der Waals surface area contributed by atoms with Crippen molar-refractivity contribution in [3.8, 4) is 11.5 Å². The van der Waals surface area contributed by atoms with E-state index < -0.39 is 17.8 Å². The number of carbonyl (C=O) groups is 2. The molecule has 6 heteroatoms. The van der Waals surface area contributed by atoms with Gasteiger partial charge in [-0.15, -0.1) is 0 Å². The Bertz CT molecular complexity index is 429. The monoisotopic (exact) mass is 225 g/mol. The van der Waals surface area contributed by atoms with E-state index in [-0.39, 0.29) is 23.3 Å². The third-order valence-corrected chi connectivity index (χ3v) is 2.15. The van der Waals surface area contributed by atoms with Crippen molar-refractivity contribution >= 4 is 12.3 Å². The van der Waals surface area contributed by atoms with E-state index in [4.69, 9.17) is 10.8 Å². The molecule has 0 spiro atoms. The standard InChI is InChI=1S/C10H11NO5/c11-7(10(15)16)3-5-1-2-8(13)6(4-12)9(5)14/h1-2,4,7,13-14H,3,11H2,(H,15,16). The molecule has 0 aromatic heterocycles. The number of nitrogens with two attached hydrogens (primary N) is 1. The van der Waals surface area contributed by atoms with Crippen molar-refractivity contribution in [1.82, 2.24) is 0 Å². The van der Waals surface area contributed by atoms with Crippen molar-refractivity contribution in [2.45, 2.75) is 12.5 Å². The highest BCUT2D eigenvalue weighted by Gasteiger charge is 2.17. The molecule has 1 unspecified atom stereocenters. The van der Waals surface area contributed by atoms with E-state index in [0.29, 0.717) is 6.29 Å². The molecule has 0 aliphatic rings. The summed E-state index contributed by atoms with van der Waals surface area (Å²) in [6, 6.07) is 1.35. The topological polar surface area (TPSA) is 121 Å². The Balaban J connectivity index is 3.07. The Morgan fingerprint density at radius 1 is 1.44 bits per heavy atom. The molecule has 1 aromatic rings. The predicted molar refractivity (Wildman–Crippen MR) is 54.5 cm³/mol. The summed E-state index contributed by atoms with van der Waals surface area (Å²) in [5.41, 5.74) is 5.22. The molecule has 0 heterocycles. The van der Waals surface area contributed by atoms with Crippen LogP contribution in [-0.4, -0.2) is 33.6 Å². The van der Waals surface area contributed by atoms with Gasteiger partial charge in [-0.25, -0.2) is 0 Å². The van der Waals surface area contributed by atoms with E-state index in [9.17, 15) is 19.8 Å². The fourth-order valence-corrected chi connectivity index (χ4v) is 1.25. The molecular formula is C10H11NO5. The van der Waals surface area contributed by atoms with Gasteiger partial charge in [0.15, 0.2) is 6.29 Å². The number of aliphatic carboxylic acids is 1. The Labute approximate surface area is 90.9 Å². The first-order valence-electron chi connectivity index (χ1n) is 4.44. The second-order valence-electron chi connectivity index (χ2n) is 3.27. The van der Waals surface area contributed by atoms with Crippen molar-refractivity contribution in [2.24, 2.45) is 5.73 Å². The van der Waals surface area contributed by atoms with Gasteiger partial charge in [-0.2, -0.15) is 0 Å². The van der Waals surface area contributed by atoms with Crippen LogP contribution in [0.25, 0.3) is 0 Å². The molecule has 0 aliphatic heterocycles. The number of carbonyl (C=O) groups excluding carboxylic acids is 1.